The molecule has 0 saturated carbocycles. The first-order valence-corrected chi connectivity index (χ1v) is 6.91. The van der Waals surface area contributed by atoms with Crippen LogP contribution in [0, 0.1) is 0 Å². The maximum absolute atomic E-state index is 11.7. The Bertz CT molecular complexity index is 411. The summed E-state index contributed by atoms with van der Waals surface area (Å²) in [6, 6.07) is -1.92. The number of aldehydes is 1. The van der Waals surface area contributed by atoms with E-state index in [9.17, 15) is 35.1 Å². The normalized spacial score (nSPS) is 21.7. The maximum atomic E-state index is 11.7. The van der Waals surface area contributed by atoms with Gasteiger partial charge in [0.25, 0.3) is 0 Å². The number of rotatable bonds is 11. The molecule has 0 heterocycles. The summed E-state index contributed by atoms with van der Waals surface area (Å²) in [6.07, 6.45) is -10.3. The summed E-state index contributed by atoms with van der Waals surface area (Å²) in [5.74, 6) is -1.19. The second-order valence-electron chi connectivity index (χ2n) is 5.27. The fourth-order valence-corrected chi connectivity index (χ4v) is 1.75. The molecule has 0 spiro atoms. The molecule has 7 atom stereocenters. The average Bonchev–Trinajstić information content (AvgIpc) is 2.57. The summed E-state index contributed by atoms with van der Waals surface area (Å²) in [6.45, 7) is -1.81. The van der Waals surface area contributed by atoms with Gasteiger partial charge in [0.2, 0.25) is 11.6 Å². The third-order valence-electron chi connectivity index (χ3n) is 3.35. The van der Waals surface area contributed by atoms with Gasteiger partial charge in [0.1, 0.15) is 24.4 Å². The molecular formula is C12H24N2O10. The van der Waals surface area contributed by atoms with E-state index in [1.807, 2.05) is 0 Å². The van der Waals surface area contributed by atoms with Crippen molar-refractivity contribution in [3.8, 4) is 0 Å². The Labute approximate surface area is 136 Å². The first kappa shape index (κ1) is 22.8. The van der Waals surface area contributed by atoms with Crippen LogP contribution in [0.25, 0.3) is 0 Å². The van der Waals surface area contributed by atoms with E-state index in [0.717, 1.165) is 0 Å². The Morgan fingerprint density at radius 2 is 1.46 bits per heavy atom. The Hall–Kier alpha value is -1.22. The molecule has 0 saturated heterocycles. The van der Waals surface area contributed by atoms with E-state index in [2.05, 4.69) is 0 Å². The van der Waals surface area contributed by atoms with Crippen LogP contribution in [-0.4, -0.2) is 109 Å². The van der Waals surface area contributed by atoms with Gasteiger partial charge in [0, 0.05) is 0 Å². The Kier molecular flexibility index (Phi) is 9.42. The highest BCUT2D eigenvalue weighted by Gasteiger charge is 2.43. The summed E-state index contributed by atoms with van der Waals surface area (Å²) in [4.78, 5) is 22.7. The molecule has 0 fully saturated rings. The second kappa shape index (κ2) is 9.93. The van der Waals surface area contributed by atoms with Gasteiger partial charge in [-0.25, -0.2) is 0 Å². The van der Waals surface area contributed by atoms with Crippen molar-refractivity contribution in [1.82, 2.24) is 5.32 Å². The van der Waals surface area contributed by atoms with Crippen LogP contribution in [0.4, 0.5) is 0 Å². The smallest absolute Gasteiger partial charge is 0.225 e. The number of aliphatic hydroxyl groups is 8. The van der Waals surface area contributed by atoms with Crippen LogP contribution >= 0.6 is 0 Å². The number of carbonyl (C=O) groups is 2. The molecule has 0 radical (unpaired) electrons. The molecule has 0 bridgehead atoms. The molecule has 0 aliphatic carbocycles. The highest BCUT2D eigenvalue weighted by atomic mass is 16.4. The van der Waals surface area contributed by atoms with Crippen LogP contribution < -0.4 is 11.1 Å². The predicted molar refractivity (Wildman–Crippen MR) is 76.0 cm³/mol. The number of amides is 1. The number of carbonyl (C=O) groups excluding carboxylic acids is 2. The molecule has 0 aliphatic rings. The summed E-state index contributed by atoms with van der Waals surface area (Å²) in [7, 11) is 0. The topological polar surface area (TPSA) is 234 Å². The SMILES string of the molecule is N[C@@H]([C@H](O)[C@H](O)CO)[C@](O)(C=O)NC(=O)C[C@@H](O)[C@H](O)[C@H](O)CO. The van der Waals surface area contributed by atoms with Crippen molar-refractivity contribution in [2.24, 2.45) is 5.73 Å². The molecule has 12 nitrogen and oxygen atoms in total. The molecule has 1 amide bonds. The van der Waals surface area contributed by atoms with E-state index >= 15 is 0 Å². The summed E-state index contributed by atoms with van der Waals surface area (Å²) < 4.78 is 0. The van der Waals surface area contributed by atoms with Crippen molar-refractivity contribution < 1.29 is 50.4 Å². The van der Waals surface area contributed by atoms with Gasteiger partial charge in [0.15, 0.2) is 6.29 Å². The molecule has 12 heteroatoms. The molecule has 11 N–H and O–H groups in total. The molecule has 0 aromatic rings. The zero-order chi connectivity index (χ0) is 19.1. The molecule has 0 rings (SSSR count). The lowest BCUT2D eigenvalue weighted by Crippen LogP contribution is -2.67. The van der Waals surface area contributed by atoms with Crippen molar-refractivity contribution in [1.29, 1.82) is 0 Å². The third kappa shape index (κ3) is 6.01. The molecule has 24 heavy (non-hydrogen) atoms. The van der Waals surface area contributed by atoms with E-state index in [0.29, 0.717) is 0 Å². The Morgan fingerprint density at radius 1 is 1.00 bits per heavy atom. The van der Waals surface area contributed by atoms with Crippen molar-refractivity contribution in [2.75, 3.05) is 13.2 Å². The fraction of sp³-hybridized carbons (Fsp3) is 0.833. The third-order valence-corrected chi connectivity index (χ3v) is 3.35. The van der Waals surface area contributed by atoms with Crippen LogP contribution in [0.3, 0.4) is 0 Å². The standard InChI is InChI=1S/C12H24N2O10/c13-11(10(23)7(20)3-16)12(24,4-17)14-8(21)1-5(18)9(22)6(19)2-15/h4-7,9-11,15-16,18-20,22-24H,1-3,13H2,(H,14,21)/t5-,6-,7-,9+,10-,11+,12-/m1/s1. The van der Waals surface area contributed by atoms with Crippen LogP contribution in [0.5, 0.6) is 0 Å². The van der Waals surface area contributed by atoms with Crippen LogP contribution in [0.15, 0.2) is 0 Å². The van der Waals surface area contributed by atoms with E-state index in [1.165, 1.54) is 0 Å². The quantitative estimate of drug-likeness (QED) is 0.123. The van der Waals surface area contributed by atoms with Crippen LogP contribution in [0.2, 0.25) is 0 Å². The Morgan fingerprint density at radius 3 is 1.88 bits per heavy atom. The van der Waals surface area contributed by atoms with Gasteiger partial charge in [-0.15, -0.1) is 0 Å². The van der Waals surface area contributed by atoms with Crippen molar-refractivity contribution in [2.45, 2.75) is 48.7 Å². The zero-order valence-corrected chi connectivity index (χ0v) is 12.6. The first-order chi connectivity index (χ1) is 11.0. The predicted octanol–water partition coefficient (Wildman–Crippen LogP) is -6.50. The minimum absolute atomic E-state index is 0.228. The van der Waals surface area contributed by atoms with Gasteiger partial charge < -0.3 is 51.9 Å². The van der Waals surface area contributed by atoms with Gasteiger partial charge in [-0.2, -0.15) is 0 Å². The average molecular weight is 356 g/mol. The number of hydrogen-bond acceptors (Lipinski definition) is 11. The lowest BCUT2D eigenvalue weighted by Gasteiger charge is -2.34. The van der Waals surface area contributed by atoms with Gasteiger partial charge in [-0.1, -0.05) is 0 Å². The largest absolute Gasteiger partial charge is 0.394 e. The number of nitrogens with two attached hydrogens (primary N) is 1. The van der Waals surface area contributed by atoms with Gasteiger partial charge in [-0.05, 0) is 0 Å². The lowest BCUT2D eigenvalue weighted by molar-refractivity contribution is -0.151. The highest BCUT2D eigenvalue weighted by Crippen LogP contribution is 2.11. The van der Waals surface area contributed by atoms with Crippen molar-refractivity contribution in [3.05, 3.63) is 0 Å². The fourth-order valence-electron chi connectivity index (χ4n) is 1.75. The molecule has 0 unspecified atom stereocenters. The van der Waals surface area contributed by atoms with Gasteiger partial charge in [0.05, 0.1) is 31.8 Å². The monoisotopic (exact) mass is 356 g/mol. The van der Waals surface area contributed by atoms with E-state index in [4.69, 9.17) is 21.1 Å². The first-order valence-electron chi connectivity index (χ1n) is 6.91. The lowest BCUT2D eigenvalue weighted by atomic mass is 9.96. The van der Waals surface area contributed by atoms with E-state index in [1.54, 1.807) is 5.32 Å². The Balaban J connectivity index is 4.91. The van der Waals surface area contributed by atoms with Gasteiger partial charge in [-0.3, -0.25) is 9.59 Å². The summed E-state index contributed by atoms with van der Waals surface area (Å²) in [5, 5.41) is 75.9. The summed E-state index contributed by atoms with van der Waals surface area (Å²) >= 11 is 0. The number of aliphatic hydroxyl groups excluding tert-OH is 7. The molecule has 0 aliphatic heterocycles. The van der Waals surface area contributed by atoms with Gasteiger partial charge >= 0.3 is 0 Å². The maximum Gasteiger partial charge on any atom is 0.225 e. The number of nitrogens with one attached hydrogen (secondary N) is 1. The molecule has 142 valence electrons. The number of hydrogen-bond donors (Lipinski definition) is 10. The van der Waals surface area contributed by atoms with E-state index in [-0.39, 0.29) is 6.29 Å². The molecule has 0 aromatic heterocycles. The van der Waals surface area contributed by atoms with Crippen molar-refractivity contribution >= 4 is 12.2 Å². The van der Waals surface area contributed by atoms with Crippen LogP contribution in [-0.2, 0) is 9.59 Å². The summed E-state index contributed by atoms with van der Waals surface area (Å²) in [5.41, 5.74) is 2.55. The zero-order valence-electron chi connectivity index (χ0n) is 12.6. The second-order valence-corrected chi connectivity index (χ2v) is 5.27. The minimum atomic E-state index is -2.84. The minimum Gasteiger partial charge on any atom is -0.394 e. The molecule has 0 aromatic carbocycles. The highest BCUT2D eigenvalue weighted by molar-refractivity contribution is 5.81. The van der Waals surface area contributed by atoms with Crippen LogP contribution in [0.1, 0.15) is 6.42 Å². The van der Waals surface area contributed by atoms with Crippen molar-refractivity contribution in [3.63, 3.8) is 0 Å². The molecular weight excluding hydrogens is 332 g/mol. The van der Waals surface area contributed by atoms with E-state index < -0.39 is 67.8 Å².